The highest BCUT2D eigenvalue weighted by atomic mass is 16.2. The fourth-order valence-electron chi connectivity index (χ4n) is 3.30. The second-order valence-electron chi connectivity index (χ2n) is 6.35. The van der Waals surface area contributed by atoms with Gasteiger partial charge in [0.25, 0.3) is 11.8 Å². The fourth-order valence-corrected chi connectivity index (χ4v) is 3.30. The van der Waals surface area contributed by atoms with E-state index in [1.54, 1.807) is 24.3 Å². The molecule has 2 aliphatic heterocycles. The van der Waals surface area contributed by atoms with Crippen molar-refractivity contribution in [2.45, 2.75) is 25.7 Å². The summed E-state index contributed by atoms with van der Waals surface area (Å²) >= 11 is 0. The average molecular weight is 329 g/mol. The van der Waals surface area contributed by atoms with Crippen molar-refractivity contribution in [3.05, 3.63) is 35.4 Å². The third kappa shape index (κ3) is 3.64. The fraction of sp³-hybridized carbons (Fsp3) is 0.500. The minimum atomic E-state index is -0.390. The van der Waals surface area contributed by atoms with Crippen LogP contribution in [0.4, 0.5) is 0 Å². The van der Waals surface area contributed by atoms with Crippen LogP contribution in [0.2, 0.25) is 0 Å². The van der Waals surface area contributed by atoms with Crippen molar-refractivity contribution in [1.29, 1.82) is 0 Å². The maximum absolute atomic E-state index is 12.2. The van der Waals surface area contributed by atoms with E-state index in [1.165, 1.54) is 19.3 Å². The molecule has 1 fully saturated rings. The quantitative estimate of drug-likeness (QED) is 0.630. The van der Waals surface area contributed by atoms with Crippen LogP contribution in [0.3, 0.4) is 0 Å². The van der Waals surface area contributed by atoms with E-state index in [9.17, 15) is 14.4 Å². The van der Waals surface area contributed by atoms with Gasteiger partial charge in [-0.05, 0) is 51.0 Å². The Kier molecular flexibility index (Phi) is 5.25. The molecular weight excluding hydrogens is 306 g/mol. The normalized spacial score (nSPS) is 17.9. The molecule has 0 spiro atoms. The lowest BCUT2D eigenvalue weighted by atomic mass is 10.1. The second-order valence-corrected chi connectivity index (χ2v) is 6.35. The molecule has 1 N–H and O–H groups in total. The first-order chi connectivity index (χ1) is 11.7. The summed E-state index contributed by atoms with van der Waals surface area (Å²) in [5, 5.41) is 2.81. The van der Waals surface area contributed by atoms with Gasteiger partial charge in [0.05, 0.1) is 11.1 Å². The zero-order chi connectivity index (χ0) is 16.9. The molecule has 1 aromatic rings. The first-order valence-electron chi connectivity index (χ1n) is 8.61. The molecule has 2 aliphatic rings. The van der Waals surface area contributed by atoms with Crippen molar-refractivity contribution in [3.63, 3.8) is 0 Å². The number of amides is 3. The van der Waals surface area contributed by atoms with Crippen LogP contribution in [0.1, 0.15) is 46.4 Å². The summed E-state index contributed by atoms with van der Waals surface area (Å²) < 4.78 is 0. The van der Waals surface area contributed by atoms with E-state index in [2.05, 4.69) is 10.2 Å². The second kappa shape index (κ2) is 7.57. The van der Waals surface area contributed by atoms with Crippen LogP contribution in [0.25, 0.3) is 0 Å². The lowest BCUT2D eigenvalue weighted by Gasteiger charge is -2.26. The number of nitrogens with zero attached hydrogens (tertiary/aromatic N) is 2. The van der Waals surface area contributed by atoms with Crippen LogP contribution < -0.4 is 5.32 Å². The van der Waals surface area contributed by atoms with Gasteiger partial charge in [-0.3, -0.25) is 19.3 Å². The van der Waals surface area contributed by atoms with Crippen LogP contribution >= 0.6 is 0 Å². The Balaban J connectivity index is 1.42. The van der Waals surface area contributed by atoms with Crippen molar-refractivity contribution in [2.75, 3.05) is 32.7 Å². The number of likely N-dealkylation sites (tertiary alicyclic amines) is 1. The van der Waals surface area contributed by atoms with Crippen molar-refractivity contribution >= 4 is 17.7 Å². The molecule has 0 unspecified atom stereocenters. The maximum Gasteiger partial charge on any atom is 0.262 e. The molecule has 1 saturated heterocycles. The molecule has 6 heteroatoms. The van der Waals surface area contributed by atoms with Crippen LogP contribution in [-0.2, 0) is 4.79 Å². The van der Waals surface area contributed by atoms with Crippen LogP contribution in [0, 0.1) is 0 Å². The van der Waals surface area contributed by atoms with Crippen molar-refractivity contribution in [2.24, 2.45) is 0 Å². The lowest BCUT2D eigenvalue weighted by Crippen LogP contribution is -2.41. The molecule has 0 radical (unpaired) electrons. The van der Waals surface area contributed by atoms with Gasteiger partial charge in [-0.15, -0.1) is 0 Å². The summed E-state index contributed by atoms with van der Waals surface area (Å²) in [5.41, 5.74) is 0.751. The van der Waals surface area contributed by atoms with Crippen molar-refractivity contribution in [1.82, 2.24) is 15.1 Å². The number of carbonyl (C=O) groups excluding carboxylic acids is 3. The number of nitrogens with one attached hydrogen (secondary N) is 1. The zero-order valence-corrected chi connectivity index (χ0v) is 13.8. The average Bonchev–Trinajstić information content (AvgIpc) is 2.85. The van der Waals surface area contributed by atoms with Gasteiger partial charge in [0.2, 0.25) is 5.91 Å². The lowest BCUT2D eigenvalue weighted by molar-refractivity contribution is -0.121. The largest absolute Gasteiger partial charge is 0.354 e. The molecule has 3 amide bonds. The topological polar surface area (TPSA) is 69.7 Å². The predicted octanol–water partition coefficient (Wildman–Crippen LogP) is 1.27. The molecule has 2 heterocycles. The number of rotatable bonds is 6. The molecule has 0 aromatic heterocycles. The number of benzene rings is 1. The summed E-state index contributed by atoms with van der Waals surface area (Å²) in [4.78, 5) is 39.9. The summed E-state index contributed by atoms with van der Waals surface area (Å²) in [6.45, 7) is 3.62. The third-order valence-electron chi connectivity index (χ3n) is 4.60. The van der Waals surface area contributed by atoms with E-state index in [-0.39, 0.29) is 24.3 Å². The minimum absolute atomic E-state index is 0.212. The van der Waals surface area contributed by atoms with Gasteiger partial charge >= 0.3 is 0 Å². The summed E-state index contributed by atoms with van der Waals surface area (Å²) in [7, 11) is 0. The predicted molar refractivity (Wildman–Crippen MR) is 89.7 cm³/mol. The molecule has 0 atom stereocenters. The highest BCUT2D eigenvalue weighted by Gasteiger charge is 2.36. The molecule has 0 saturated carbocycles. The highest BCUT2D eigenvalue weighted by Crippen LogP contribution is 2.21. The smallest absolute Gasteiger partial charge is 0.262 e. The molecule has 6 nitrogen and oxygen atoms in total. The third-order valence-corrected chi connectivity index (χ3v) is 4.60. The van der Waals surface area contributed by atoms with Gasteiger partial charge in [-0.2, -0.15) is 0 Å². The zero-order valence-electron chi connectivity index (χ0n) is 13.8. The molecule has 24 heavy (non-hydrogen) atoms. The number of carbonyl (C=O) groups is 3. The van der Waals surface area contributed by atoms with Gasteiger partial charge < -0.3 is 10.2 Å². The SMILES string of the molecule is O=C(CN1C(=O)c2ccccc2C1=O)NCCCN1CCCCC1. The maximum atomic E-state index is 12.2. The Bertz CT molecular complexity index is 603. The molecular formula is C18H23N3O3. The highest BCUT2D eigenvalue weighted by molar-refractivity contribution is 6.22. The molecule has 0 bridgehead atoms. The number of hydrogen-bond acceptors (Lipinski definition) is 4. The number of fused-ring (bicyclic) bond motifs is 1. The summed E-state index contributed by atoms with van der Waals surface area (Å²) in [6.07, 6.45) is 4.71. The van der Waals surface area contributed by atoms with E-state index in [0.29, 0.717) is 17.7 Å². The molecule has 0 aliphatic carbocycles. The Hall–Kier alpha value is -2.21. The first-order valence-corrected chi connectivity index (χ1v) is 8.61. The molecule has 128 valence electrons. The van der Waals surface area contributed by atoms with E-state index in [0.717, 1.165) is 31.0 Å². The Morgan fingerprint density at radius 3 is 2.25 bits per heavy atom. The summed E-state index contributed by atoms with van der Waals surface area (Å²) in [6, 6.07) is 6.67. The Labute approximate surface area is 141 Å². The number of hydrogen-bond donors (Lipinski definition) is 1. The van der Waals surface area contributed by atoms with Crippen molar-refractivity contribution < 1.29 is 14.4 Å². The van der Waals surface area contributed by atoms with Gasteiger partial charge in [0, 0.05) is 6.54 Å². The van der Waals surface area contributed by atoms with E-state index < -0.39 is 0 Å². The van der Waals surface area contributed by atoms with E-state index >= 15 is 0 Å². The van der Waals surface area contributed by atoms with Crippen LogP contribution in [0.5, 0.6) is 0 Å². The van der Waals surface area contributed by atoms with Crippen LogP contribution in [0.15, 0.2) is 24.3 Å². The molecule has 3 rings (SSSR count). The van der Waals surface area contributed by atoms with Gasteiger partial charge in [-0.1, -0.05) is 18.6 Å². The number of piperidine rings is 1. The van der Waals surface area contributed by atoms with Gasteiger partial charge in [0.1, 0.15) is 6.54 Å². The number of imide groups is 1. The first kappa shape index (κ1) is 16.6. The van der Waals surface area contributed by atoms with E-state index in [4.69, 9.17) is 0 Å². The van der Waals surface area contributed by atoms with Crippen LogP contribution in [-0.4, -0.2) is 60.2 Å². The van der Waals surface area contributed by atoms with Gasteiger partial charge in [0.15, 0.2) is 0 Å². The summed E-state index contributed by atoms with van der Waals surface area (Å²) in [5.74, 6) is -1.07. The Morgan fingerprint density at radius 1 is 1.00 bits per heavy atom. The Morgan fingerprint density at radius 2 is 1.62 bits per heavy atom. The monoisotopic (exact) mass is 329 g/mol. The standard InChI is InChI=1S/C18H23N3O3/c22-16(19-9-6-12-20-10-4-1-5-11-20)13-21-17(23)14-7-2-3-8-15(14)18(21)24/h2-3,7-8H,1,4-6,9-13H2,(H,19,22). The van der Waals surface area contributed by atoms with Gasteiger partial charge in [-0.25, -0.2) is 0 Å². The van der Waals surface area contributed by atoms with E-state index in [1.807, 2.05) is 0 Å². The molecule has 1 aromatic carbocycles. The minimum Gasteiger partial charge on any atom is -0.354 e. The van der Waals surface area contributed by atoms with Crippen molar-refractivity contribution in [3.8, 4) is 0 Å².